The minimum absolute atomic E-state index is 0.0535. The third-order valence-electron chi connectivity index (χ3n) is 6.27. The molecule has 1 spiro atoms. The Kier molecular flexibility index (Phi) is 4.53. The fourth-order valence-corrected chi connectivity index (χ4v) is 4.74. The molecule has 5 heteroatoms. The molecule has 1 aromatic heterocycles. The van der Waals surface area contributed by atoms with Crippen LogP contribution in [-0.2, 0) is 4.74 Å². The van der Waals surface area contributed by atoms with Gasteiger partial charge in [0.15, 0.2) is 0 Å². The molecule has 5 nitrogen and oxygen atoms in total. The number of aromatic nitrogens is 1. The molecule has 1 saturated heterocycles. The van der Waals surface area contributed by atoms with Gasteiger partial charge < -0.3 is 19.5 Å². The molecule has 1 saturated carbocycles. The van der Waals surface area contributed by atoms with Crippen molar-refractivity contribution in [2.45, 2.75) is 45.3 Å². The Morgan fingerprint density at radius 2 is 2.08 bits per heavy atom. The Balaban J connectivity index is 1.62. The van der Waals surface area contributed by atoms with Crippen LogP contribution in [0.15, 0.2) is 24.3 Å². The molecule has 0 amide bonds. The van der Waals surface area contributed by atoms with E-state index in [1.165, 1.54) is 5.69 Å². The second-order valence-electron chi connectivity index (χ2n) is 7.55. The predicted octanol–water partition coefficient (Wildman–Crippen LogP) is 3.31. The average Bonchev–Trinajstić information content (AvgIpc) is 2.67. The molecule has 2 fully saturated rings. The first kappa shape index (κ1) is 17.6. The fraction of sp³-hybridized carbons (Fsp3) is 0.571. The summed E-state index contributed by atoms with van der Waals surface area (Å²) in [6, 6.07) is 8.26. The van der Waals surface area contributed by atoms with Crippen molar-refractivity contribution < 1.29 is 14.6 Å². The van der Waals surface area contributed by atoms with Crippen molar-refractivity contribution in [3.63, 3.8) is 0 Å². The van der Waals surface area contributed by atoms with Crippen molar-refractivity contribution in [2.75, 3.05) is 31.7 Å². The molecule has 1 aromatic carbocycles. The highest BCUT2D eigenvalue weighted by Gasteiger charge is 2.56. The number of rotatable bonds is 4. The molecule has 2 unspecified atom stereocenters. The Morgan fingerprint density at radius 3 is 2.73 bits per heavy atom. The summed E-state index contributed by atoms with van der Waals surface area (Å²) >= 11 is 0. The van der Waals surface area contributed by atoms with Crippen LogP contribution >= 0.6 is 0 Å². The van der Waals surface area contributed by atoms with Crippen molar-refractivity contribution in [1.82, 2.24) is 4.98 Å². The van der Waals surface area contributed by atoms with Crippen molar-refractivity contribution in [1.29, 1.82) is 0 Å². The smallest absolute Gasteiger partial charge is 0.145 e. The topological polar surface area (TPSA) is 54.8 Å². The lowest BCUT2D eigenvalue weighted by Crippen LogP contribution is -2.62. The summed E-state index contributed by atoms with van der Waals surface area (Å²) in [5.41, 5.74) is 3.07. The van der Waals surface area contributed by atoms with Crippen LogP contribution in [0.4, 0.5) is 5.69 Å². The van der Waals surface area contributed by atoms with Crippen LogP contribution in [-0.4, -0.2) is 49.1 Å². The van der Waals surface area contributed by atoms with Gasteiger partial charge in [0.05, 0.1) is 19.3 Å². The fourth-order valence-electron chi connectivity index (χ4n) is 4.74. The number of nitrogens with zero attached hydrogens (tertiary/aromatic N) is 2. The summed E-state index contributed by atoms with van der Waals surface area (Å²) in [6.45, 7) is 6.64. The normalized spacial score (nSPS) is 24.7. The summed E-state index contributed by atoms with van der Waals surface area (Å²) in [5, 5.41) is 11.6. The number of para-hydroxylation sites is 1. The summed E-state index contributed by atoms with van der Waals surface area (Å²) in [5.74, 6) is 0.812. The highest BCUT2D eigenvalue weighted by Crippen LogP contribution is 2.51. The van der Waals surface area contributed by atoms with Crippen LogP contribution in [0.3, 0.4) is 0 Å². The average molecular weight is 356 g/mol. The second kappa shape index (κ2) is 6.71. The van der Waals surface area contributed by atoms with E-state index < -0.39 is 0 Å². The zero-order chi connectivity index (χ0) is 18.3. The van der Waals surface area contributed by atoms with Gasteiger partial charge in [-0.2, -0.15) is 0 Å². The third-order valence-corrected chi connectivity index (χ3v) is 6.27. The molecule has 2 heterocycles. The van der Waals surface area contributed by atoms with Crippen LogP contribution in [0.1, 0.15) is 31.9 Å². The molecule has 1 aliphatic carbocycles. The van der Waals surface area contributed by atoms with Crippen LogP contribution in [0.5, 0.6) is 5.75 Å². The first-order chi connectivity index (χ1) is 12.6. The number of aliphatic hydroxyl groups excluding tert-OH is 1. The van der Waals surface area contributed by atoms with Crippen molar-refractivity contribution in [3.05, 3.63) is 30.0 Å². The van der Waals surface area contributed by atoms with Gasteiger partial charge in [0, 0.05) is 48.3 Å². The van der Waals surface area contributed by atoms with E-state index in [1.807, 2.05) is 26.0 Å². The lowest BCUT2D eigenvalue weighted by atomic mass is 9.58. The molecule has 2 atom stereocenters. The van der Waals surface area contributed by atoms with Gasteiger partial charge in [-0.05, 0) is 38.8 Å². The summed E-state index contributed by atoms with van der Waals surface area (Å²) in [6.07, 6.45) is 2.69. The summed E-state index contributed by atoms with van der Waals surface area (Å²) in [7, 11) is 1.69. The highest BCUT2D eigenvalue weighted by molar-refractivity contribution is 5.95. The Hall–Kier alpha value is -1.85. The van der Waals surface area contributed by atoms with E-state index in [0.29, 0.717) is 0 Å². The Morgan fingerprint density at radius 1 is 1.31 bits per heavy atom. The zero-order valence-electron chi connectivity index (χ0n) is 15.9. The van der Waals surface area contributed by atoms with E-state index >= 15 is 0 Å². The van der Waals surface area contributed by atoms with E-state index in [1.54, 1.807) is 7.11 Å². The number of pyridine rings is 1. The van der Waals surface area contributed by atoms with Crippen molar-refractivity contribution in [3.8, 4) is 5.75 Å². The van der Waals surface area contributed by atoms with Crippen LogP contribution < -0.4 is 9.64 Å². The molecule has 0 bridgehead atoms. The number of hydrogen-bond acceptors (Lipinski definition) is 5. The van der Waals surface area contributed by atoms with Crippen molar-refractivity contribution >= 4 is 16.6 Å². The maximum absolute atomic E-state index is 10.4. The largest absolute Gasteiger partial charge is 0.494 e. The molecule has 2 aromatic rings. The maximum atomic E-state index is 10.4. The van der Waals surface area contributed by atoms with Gasteiger partial charge in [-0.15, -0.1) is 0 Å². The van der Waals surface area contributed by atoms with Gasteiger partial charge in [0.25, 0.3) is 0 Å². The predicted molar refractivity (Wildman–Crippen MR) is 103 cm³/mol. The minimum atomic E-state index is -0.225. The molecule has 140 valence electrons. The second-order valence-corrected chi connectivity index (χ2v) is 7.55. The van der Waals surface area contributed by atoms with Gasteiger partial charge in [0.2, 0.25) is 0 Å². The van der Waals surface area contributed by atoms with E-state index in [-0.39, 0.29) is 17.6 Å². The maximum Gasteiger partial charge on any atom is 0.145 e. The molecule has 1 aliphatic heterocycles. The van der Waals surface area contributed by atoms with Gasteiger partial charge in [-0.3, -0.25) is 0 Å². The molecule has 1 N–H and O–H groups in total. The first-order valence-corrected chi connectivity index (χ1v) is 9.58. The number of hydrogen-bond donors (Lipinski definition) is 1. The first-order valence-electron chi connectivity index (χ1n) is 9.58. The number of aryl methyl sites for hydroxylation is 1. The zero-order valence-corrected chi connectivity index (χ0v) is 15.9. The number of aliphatic hydroxyl groups is 1. The van der Waals surface area contributed by atoms with E-state index in [0.717, 1.165) is 61.3 Å². The number of methoxy groups -OCH3 is 1. The van der Waals surface area contributed by atoms with E-state index in [9.17, 15) is 5.11 Å². The van der Waals surface area contributed by atoms with Crippen molar-refractivity contribution in [2.24, 2.45) is 5.41 Å². The molecule has 2 aliphatic rings. The SMILES string of the molecule is CCOC1CC(O)C12CCN(c1cc(C)nc3c(OC)cccc13)CC2. The van der Waals surface area contributed by atoms with Crippen LogP contribution in [0.2, 0.25) is 0 Å². The molecule has 26 heavy (non-hydrogen) atoms. The van der Waals surface area contributed by atoms with Gasteiger partial charge in [0.1, 0.15) is 11.3 Å². The number of piperidine rings is 1. The lowest BCUT2D eigenvalue weighted by molar-refractivity contribution is -0.199. The Labute approximate surface area is 154 Å². The lowest BCUT2D eigenvalue weighted by Gasteiger charge is -2.57. The quantitative estimate of drug-likeness (QED) is 0.911. The van der Waals surface area contributed by atoms with Gasteiger partial charge in [-0.25, -0.2) is 4.98 Å². The number of ether oxygens (including phenoxy) is 2. The van der Waals surface area contributed by atoms with E-state index in [4.69, 9.17) is 14.5 Å². The van der Waals surface area contributed by atoms with Crippen LogP contribution in [0.25, 0.3) is 10.9 Å². The standard InChI is InChI=1S/C21H28N2O3/c1-4-26-19-13-18(24)21(19)8-10-23(11-9-21)16-12-14(2)22-20-15(16)6-5-7-17(20)25-3/h5-7,12,18-19,24H,4,8-11,13H2,1-3H3. The monoisotopic (exact) mass is 356 g/mol. The molecule has 0 radical (unpaired) electrons. The summed E-state index contributed by atoms with van der Waals surface area (Å²) < 4.78 is 11.4. The number of benzene rings is 1. The number of fused-ring (bicyclic) bond motifs is 1. The molecular formula is C21H28N2O3. The molecule has 4 rings (SSSR count). The third kappa shape index (κ3) is 2.65. The van der Waals surface area contributed by atoms with Gasteiger partial charge >= 0.3 is 0 Å². The highest BCUT2D eigenvalue weighted by atomic mass is 16.5. The van der Waals surface area contributed by atoms with Crippen LogP contribution in [0, 0.1) is 12.3 Å². The Bertz CT molecular complexity index is 797. The minimum Gasteiger partial charge on any atom is -0.494 e. The van der Waals surface area contributed by atoms with Gasteiger partial charge in [-0.1, -0.05) is 12.1 Å². The summed E-state index contributed by atoms with van der Waals surface area (Å²) in [4.78, 5) is 7.12. The molecular weight excluding hydrogens is 328 g/mol. The number of anilines is 1. The van der Waals surface area contributed by atoms with E-state index in [2.05, 4.69) is 17.0 Å².